The molecular formula is C11H18N2O4S. The molecular weight excluding hydrogens is 256 g/mol. The Bertz CT molecular complexity index is 458. The summed E-state index contributed by atoms with van der Waals surface area (Å²) in [6, 6.07) is -0.417. The van der Waals surface area contributed by atoms with Gasteiger partial charge in [0.1, 0.15) is 0 Å². The van der Waals surface area contributed by atoms with E-state index in [-0.39, 0.29) is 12.1 Å². The molecule has 2 bridgehead atoms. The second kappa shape index (κ2) is 4.18. The fraction of sp³-hybridized carbons (Fsp3) is 0.909. The lowest BCUT2D eigenvalue weighted by Gasteiger charge is -2.27. The Morgan fingerprint density at radius 1 is 1.17 bits per heavy atom. The van der Waals surface area contributed by atoms with E-state index >= 15 is 0 Å². The van der Waals surface area contributed by atoms with Crippen LogP contribution in [0.2, 0.25) is 0 Å². The molecule has 3 saturated heterocycles. The fourth-order valence-electron chi connectivity index (χ4n) is 3.62. The van der Waals surface area contributed by atoms with Gasteiger partial charge in [-0.25, -0.2) is 0 Å². The number of carbonyl (C=O) groups is 1. The van der Waals surface area contributed by atoms with Crippen molar-refractivity contribution in [3.8, 4) is 0 Å². The van der Waals surface area contributed by atoms with Gasteiger partial charge in [0.25, 0.3) is 10.2 Å². The summed E-state index contributed by atoms with van der Waals surface area (Å²) in [7, 11) is -3.44. The summed E-state index contributed by atoms with van der Waals surface area (Å²) >= 11 is 0. The molecule has 0 aromatic heterocycles. The largest absolute Gasteiger partial charge is 0.481 e. The van der Waals surface area contributed by atoms with E-state index in [2.05, 4.69) is 0 Å². The fourth-order valence-corrected chi connectivity index (χ4v) is 5.77. The average molecular weight is 274 g/mol. The van der Waals surface area contributed by atoms with E-state index < -0.39 is 22.1 Å². The van der Waals surface area contributed by atoms with Gasteiger partial charge < -0.3 is 5.11 Å². The standard InChI is InChI=1S/C11H18N2O4S/c14-11(15)9-7-8-3-4-10(9)13(8)18(16,17)12-5-1-2-6-12/h8-10H,1-7H2,(H,14,15). The Kier molecular flexibility index (Phi) is 2.87. The highest BCUT2D eigenvalue weighted by atomic mass is 32.2. The summed E-state index contributed by atoms with van der Waals surface area (Å²) < 4.78 is 28.1. The molecule has 0 radical (unpaired) electrons. The predicted octanol–water partition coefficient (Wildman–Crippen LogP) is 0.264. The smallest absolute Gasteiger partial charge is 0.308 e. The average Bonchev–Trinajstić information content (AvgIpc) is 3.04. The quantitative estimate of drug-likeness (QED) is 0.801. The van der Waals surface area contributed by atoms with Crippen molar-refractivity contribution in [1.29, 1.82) is 0 Å². The van der Waals surface area contributed by atoms with Gasteiger partial charge in [0.2, 0.25) is 0 Å². The van der Waals surface area contributed by atoms with Gasteiger partial charge in [-0.05, 0) is 32.1 Å². The van der Waals surface area contributed by atoms with Crippen LogP contribution in [0.1, 0.15) is 32.1 Å². The molecule has 1 N–H and O–H groups in total. The molecule has 3 fully saturated rings. The molecule has 0 saturated carbocycles. The van der Waals surface area contributed by atoms with Crippen LogP contribution in [0.15, 0.2) is 0 Å². The number of hydrogen-bond donors (Lipinski definition) is 1. The summed E-state index contributed by atoms with van der Waals surface area (Å²) in [5.41, 5.74) is 0. The van der Waals surface area contributed by atoms with Gasteiger partial charge >= 0.3 is 5.97 Å². The molecule has 0 aliphatic carbocycles. The van der Waals surface area contributed by atoms with Crippen molar-refractivity contribution in [3.05, 3.63) is 0 Å². The summed E-state index contributed by atoms with van der Waals surface area (Å²) in [6.45, 7) is 1.16. The Hall–Kier alpha value is -0.660. The zero-order chi connectivity index (χ0) is 12.9. The third kappa shape index (κ3) is 1.68. The molecule has 0 spiro atoms. The zero-order valence-electron chi connectivity index (χ0n) is 10.2. The molecule has 7 heteroatoms. The van der Waals surface area contributed by atoms with Gasteiger partial charge in [0.05, 0.1) is 5.92 Å². The summed E-state index contributed by atoms with van der Waals surface area (Å²) in [6.07, 6.45) is 3.79. The van der Waals surface area contributed by atoms with E-state index in [4.69, 9.17) is 5.11 Å². The van der Waals surface area contributed by atoms with E-state index in [0.717, 1.165) is 19.3 Å². The number of carboxylic acid groups (broad SMARTS) is 1. The topological polar surface area (TPSA) is 77.9 Å². The molecule has 3 aliphatic rings. The monoisotopic (exact) mass is 274 g/mol. The Morgan fingerprint density at radius 3 is 2.39 bits per heavy atom. The molecule has 18 heavy (non-hydrogen) atoms. The molecule has 3 heterocycles. The third-order valence-corrected chi connectivity index (χ3v) is 6.57. The van der Waals surface area contributed by atoms with Crippen LogP contribution in [0.5, 0.6) is 0 Å². The van der Waals surface area contributed by atoms with Crippen LogP contribution in [0.4, 0.5) is 0 Å². The molecule has 3 atom stereocenters. The van der Waals surface area contributed by atoms with Crippen molar-refractivity contribution >= 4 is 16.2 Å². The van der Waals surface area contributed by atoms with Crippen LogP contribution in [0.3, 0.4) is 0 Å². The Morgan fingerprint density at radius 2 is 1.83 bits per heavy atom. The van der Waals surface area contributed by atoms with Crippen molar-refractivity contribution in [3.63, 3.8) is 0 Å². The summed E-state index contributed by atoms with van der Waals surface area (Å²) in [4.78, 5) is 11.2. The van der Waals surface area contributed by atoms with Gasteiger partial charge in [-0.1, -0.05) is 0 Å². The molecule has 102 valence electrons. The molecule has 6 nitrogen and oxygen atoms in total. The molecule has 3 unspecified atom stereocenters. The van der Waals surface area contributed by atoms with E-state index in [9.17, 15) is 13.2 Å². The second-order valence-corrected chi connectivity index (χ2v) is 7.26. The third-order valence-electron chi connectivity index (χ3n) is 4.45. The molecule has 0 aromatic rings. The second-order valence-electron chi connectivity index (χ2n) is 5.42. The van der Waals surface area contributed by atoms with Gasteiger partial charge in [-0.2, -0.15) is 17.0 Å². The lowest BCUT2D eigenvalue weighted by molar-refractivity contribution is -0.142. The van der Waals surface area contributed by atoms with Crippen molar-refractivity contribution in [2.45, 2.75) is 44.2 Å². The van der Waals surface area contributed by atoms with E-state index in [1.807, 2.05) is 0 Å². The first kappa shape index (κ1) is 12.4. The molecule has 3 rings (SSSR count). The number of rotatable bonds is 3. The Balaban J connectivity index is 1.87. The van der Waals surface area contributed by atoms with E-state index in [1.54, 1.807) is 0 Å². The number of carboxylic acids is 1. The highest BCUT2D eigenvalue weighted by Gasteiger charge is 2.55. The van der Waals surface area contributed by atoms with Crippen molar-refractivity contribution in [1.82, 2.24) is 8.61 Å². The van der Waals surface area contributed by atoms with Crippen LogP contribution in [-0.4, -0.2) is 53.3 Å². The highest BCUT2D eigenvalue weighted by Crippen LogP contribution is 2.44. The normalized spacial score (nSPS) is 37.4. The minimum atomic E-state index is -3.44. The van der Waals surface area contributed by atoms with E-state index in [0.29, 0.717) is 25.9 Å². The minimum absolute atomic E-state index is 0.0956. The van der Waals surface area contributed by atoms with Crippen molar-refractivity contribution in [2.24, 2.45) is 5.92 Å². The SMILES string of the molecule is O=C(O)C1CC2CCC1N2S(=O)(=O)N1CCCC1. The number of aliphatic carboxylic acids is 1. The van der Waals surface area contributed by atoms with Crippen LogP contribution in [0, 0.1) is 5.92 Å². The van der Waals surface area contributed by atoms with Gasteiger partial charge in [-0.3, -0.25) is 4.79 Å². The van der Waals surface area contributed by atoms with Crippen LogP contribution >= 0.6 is 0 Å². The maximum atomic E-state index is 12.5. The van der Waals surface area contributed by atoms with E-state index in [1.165, 1.54) is 8.61 Å². The van der Waals surface area contributed by atoms with Crippen LogP contribution in [0.25, 0.3) is 0 Å². The zero-order valence-corrected chi connectivity index (χ0v) is 11.0. The number of hydrogen-bond acceptors (Lipinski definition) is 3. The van der Waals surface area contributed by atoms with Crippen LogP contribution < -0.4 is 0 Å². The van der Waals surface area contributed by atoms with Gasteiger partial charge in [-0.15, -0.1) is 0 Å². The van der Waals surface area contributed by atoms with Crippen molar-refractivity contribution < 1.29 is 18.3 Å². The first-order valence-electron chi connectivity index (χ1n) is 6.53. The number of fused-ring (bicyclic) bond motifs is 2. The molecule has 0 aromatic carbocycles. The first-order valence-corrected chi connectivity index (χ1v) is 7.93. The highest BCUT2D eigenvalue weighted by molar-refractivity contribution is 7.86. The van der Waals surface area contributed by atoms with Crippen molar-refractivity contribution in [2.75, 3.05) is 13.1 Å². The Labute approximate surface area is 107 Å². The maximum absolute atomic E-state index is 12.5. The first-order chi connectivity index (χ1) is 8.51. The lowest BCUT2D eigenvalue weighted by atomic mass is 9.89. The van der Waals surface area contributed by atoms with Crippen LogP contribution in [-0.2, 0) is 15.0 Å². The molecule has 3 aliphatic heterocycles. The lowest BCUT2D eigenvalue weighted by Crippen LogP contribution is -2.46. The minimum Gasteiger partial charge on any atom is -0.481 e. The maximum Gasteiger partial charge on any atom is 0.308 e. The number of nitrogens with zero attached hydrogens (tertiary/aromatic N) is 2. The van der Waals surface area contributed by atoms with Gasteiger partial charge in [0.15, 0.2) is 0 Å². The summed E-state index contributed by atoms with van der Waals surface area (Å²) in [5.74, 6) is -1.37. The molecule has 0 amide bonds. The van der Waals surface area contributed by atoms with Gasteiger partial charge in [0, 0.05) is 25.2 Å². The summed E-state index contributed by atoms with van der Waals surface area (Å²) in [5, 5.41) is 9.15. The predicted molar refractivity (Wildman–Crippen MR) is 64.1 cm³/mol.